The summed E-state index contributed by atoms with van der Waals surface area (Å²) in [4.78, 5) is 26.6. The van der Waals surface area contributed by atoms with E-state index in [1.807, 2.05) is 48.5 Å². The number of pyridine rings is 1. The molecule has 5 nitrogen and oxygen atoms in total. The summed E-state index contributed by atoms with van der Waals surface area (Å²) in [5.41, 5.74) is -0.141. The van der Waals surface area contributed by atoms with E-state index in [1.54, 1.807) is 4.98 Å². The minimum absolute atomic E-state index is 0.395. The van der Waals surface area contributed by atoms with Crippen LogP contribution in [0.2, 0.25) is 0 Å². The maximum absolute atomic E-state index is 12.8. The predicted octanol–water partition coefficient (Wildman–Crippen LogP) is 3.85. The molecular formula is C22H17F3N2O3. The summed E-state index contributed by atoms with van der Waals surface area (Å²) >= 11 is 0. The van der Waals surface area contributed by atoms with Crippen LogP contribution in [0.4, 0.5) is 13.2 Å². The van der Waals surface area contributed by atoms with Gasteiger partial charge >= 0.3 is 6.18 Å². The highest BCUT2D eigenvalue weighted by Gasteiger charge is 2.32. The van der Waals surface area contributed by atoms with Crippen LogP contribution in [0.5, 0.6) is 5.75 Å². The van der Waals surface area contributed by atoms with Gasteiger partial charge in [-0.15, -0.1) is 0 Å². The van der Waals surface area contributed by atoms with E-state index >= 15 is 0 Å². The van der Waals surface area contributed by atoms with Crippen molar-refractivity contribution in [3.8, 4) is 5.75 Å². The highest BCUT2D eigenvalue weighted by Crippen LogP contribution is 2.31. The summed E-state index contributed by atoms with van der Waals surface area (Å²) in [6, 6.07) is 15.7. The van der Waals surface area contributed by atoms with Crippen molar-refractivity contribution in [3.05, 3.63) is 99.0 Å². The first-order valence-electron chi connectivity index (χ1n) is 9.25. The molecule has 1 atom stereocenters. The lowest BCUT2D eigenvalue weighted by Crippen LogP contribution is -2.34. The third-order valence-corrected chi connectivity index (χ3v) is 4.91. The zero-order valence-electron chi connectivity index (χ0n) is 15.6. The summed E-state index contributed by atoms with van der Waals surface area (Å²) in [5, 5.41) is 2.78. The second-order valence-corrected chi connectivity index (χ2v) is 6.90. The zero-order valence-corrected chi connectivity index (χ0v) is 15.6. The molecule has 1 unspecified atom stereocenters. The van der Waals surface area contributed by atoms with Crippen LogP contribution < -0.4 is 15.6 Å². The van der Waals surface area contributed by atoms with Crippen molar-refractivity contribution in [2.75, 3.05) is 6.61 Å². The highest BCUT2D eigenvalue weighted by atomic mass is 19.4. The van der Waals surface area contributed by atoms with Crippen molar-refractivity contribution in [1.29, 1.82) is 0 Å². The number of hydrogen-bond acceptors (Lipinski definition) is 3. The van der Waals surface area contributed by atoms with Crippen LogP contribution in [0.1, 0.15) is 38.8 Å². The Bertz CT molecular complexity index is 1140. The Morgan fingerprint density at radius 1 is 1.03 bits per heavy atom. The van der Waals surface area contributed by atoms with Crippen molar-refractivity contribution in [3.63, 3.8) is 0 Å². The second kappa shape index (κ2) is 7.70. The van der Waals surface area contributed by atoms with E-state index in [4.69, 9.17) is 4.74 Å². The average Bonchev–Trinajstić information content (AvgIpc) is 3.19. The van der Waals surface area contributed by atoms with Gasteiger partial charge in [0, 0.05) is 6.42 Å². The number of nitrogens with one attached hydrogen (secondary N) is 2. The van der Waals surface area contributed by atoms with Gasteiger partial charge in [-0.3, -0.25) is 9.59 Å². The number of aromatic amines is 1. The summed E-state index contributed by atoms with van der Waals surface area (Å²) in [6.45, 7) is 0.585. The molecule has 1 aliphatic rings. The Labute approximate surface area is 169 Å². The minimum Gasteiger partial charge on any atom is -0.493 e. The lowest BCUT2D eigenvalue weighted by Gasteiger charge is -2.20. The van der Waals surface area contributed by atoms with Crippen LogP contribution in [0.25, 0.3) is 0 Å². The van der Waals surface area contributed by atoms with E-state index < -0.39 is 34.9 Å². The molecule has 0 aliphatic carbocycles. The van der Waals surface area contributed by atoms with Gasteiger partial charge in [0.1, 0.15) is 17.0 Å². The van der Waals surface area contributed by atoms with Gasteiger partial charge in [-0.05, 0) is 41.0 Å². The monoisotopic (exact) mass is 414 g/mol. The first kappa shape index (κ1) is 19.8. The Morgan fingerprint density at radius 2 is 1.80 bits per heavy atom. The first-order chi connectivity index (χ1) is 14.3. The standard InChI is InChI=1S/C22H17F3N2O3/c23-22(24,25)18-9-7-16(20(28)26-18)21(29)27-19(13-4-2-1-3-5-13)15-6-8-17-14(12-15)10-11-30-17/h1-9,12,19H,10-11H2,(H,26,28)(H,27,29). The smallest absolute Gasteiger partial charge is 0.431 e. The molecule has 0 bridgehead atoms. The van der Waals surface area contributed by atoms with Gasteiger partial charge in [-0.1, -0.05) is 36.4 Å². The predicted molar refractivity (Wildman–Crippen MR) is 103 cm³/mol. The van der Waals surface area contributed by atoms with Crippen LogP contribution in [0.15, 0.2) is 65.5 Å². The number of benzene rings is 2. The normalized spacial score (nSPS) is 14.0. The molecule has 1 amide bonds. The van der Waals surface area contributed by atoms with E-state index in [0.29, 0.717) is 12.7 Å². The summed E-state index contributed by atoms with van der Waals surface area (Å²) < 4.78 is 43.9. The Kier molecular flexibility index (Phi) is 5.07. The molecule has 0 saturated heterocycles. The number of ether oxygens (including phenoxy) is 1. The van der Waals surface area contributed by atoms with Crippen LogP contribution in [-0.2, 0) is 12.6 Å². The summed E-state index contributed by atoms with van der Waals surface area (Å²) in [5.74, 6) is 0.0200. The minimum atomic E-state index is -4.70. The van der Waals surface area contributed by atoms with Gasteiger partial charge < -0.3 is 15.0 Å². The number of carbonyl (C=O) groups is 1. The third-order valence-electron chi connectivity index (χ3n) is 4.91. The van der Waals surface area contributed by atoms with Gasteiger partial charge in [0.25, 0.3) is 11.5 Å². The van der Waals surface area contributed by atoms with Crippen molar-refractivity contribution < 1.29 is 22.7 Å². The molecule has 2 N–H and O–H groups in total. The molecule has 3 aromatic rings. The van der Waals surface area contributed by atoms with E-state index in [2.05, 4.69) is 5.32 Å². The fourth-order valence-corrected chi connectivity index (χ4v) is 3.42. The van der Waals surface area contributed by atoms with Crippen LogP contribution in [0, 0.1) is 0 Å². The van der Waals surface area contributed by atoms with E-state index in [1.165, 1.54) is 0 Å². The molecular weight excluding hydrogens is 397 g/mol. The molecule has 0 saturated carbocycles. The number of rotatable bonds is 4. The van der Waals surface area contributed by atoms with Gasteiger partial charge in [0.15, 0.2) is 0 Å². The number of carbonyl (C=O) groups excluding carboxylic acids is 1. The fraction of sp³-hybridized carbons (Fsp3) is 0.182. The quantitative estimate of drug-likeness (QED) is 0.681. The summed E-state index contributed by atoms with van der Waals surface area (Å²) in [6.07, 6.45) is -3.95. The van der Waals surface area contributed by atoms with Crippen molar-refractivity contribution in [1.82, 2.24) is 10.3 Å². The Hall–Kier alpha value is -3.55. The van der Waals surface area contributed by atoms with Crippen LogP contribution in [0.3, 0.4) is 0 Å². The maximum Gasteiger partial charge on any atom is 0.431 e. The number of fused-ring (bicyclic) bond motifs is 1. The number of hydrogen-bond donors (Lipinski definition) is 2. The number of aromatic nitrogens is 1. The number of H-pyrrole nitrogens is 1. The average molecular weight is 414 g/mol. The lowest BCUT2D eigenvalue weighted by atomic mass is 9.96. The fourth-order valence-electron chi connectivity index (χ4n) is 3.42. The molecule has 0 spiro atoms. The molecule has 8 heteroatoms. The van der Waals surface area contributed by atoms with Gasteiger partial charge in [0.05, 0.1) is 12.6 Å². The number of halogens is 3. The second-order valence-electron chi connectivity index (χ2n) is 6.90. The first-order valence-corrected chi connectivity index (χ1v) is 9.25. The molecule has 0 radical (unpaired) electrons. The molecule has 4 rings (SSSR count). The Balaban J connectivity index is 1.67. The number of alkyl halides is 3. The SMILES string of the molecule is O=C(NC(c1ccccc1)c1ccc2c(c1)CCO2)c1ccc(C(F)(F)F)[nH]c1=O. The van der Waals surface area contributed by atoms with E-state index in [9.17, 15) is 22.8 Å². The van der Waals surface area contributed by atoms with Crippen LogP contribution >= 0.6 is 0 Å². The van der Waals surface area contributed by atoms with Crippen LogP contribution in [-0.4, -0.2) is 17.5 Å². The summed E-state index contributed by atoms with van der Waals surface area (Å²) in [7, 11) is 0. The molecule has 2 aromatic carbocycles. The van der Waals surface area contributed by atoms with Gasteiger partial charge in [-0.2, -0.15) is 13.2 Å². The zero-order chi connectivity index (χ0) is 21.3. The molecule has 1 aromatic heterocycles. The largest absolute Gasteiger partial charge is 0.493 e. The molecule has 2 heterocycles. The van der Waals surface area contributed by atoms with E-state index in [0.717, 1.165) is 34.9 Å². The molecule has 0 fully saturated rings. The van der Waals surface area contributed by atoms with Crippen molar-refractivity contribution in [2.24, 2.45) is 0 Å². The molecule has 30 heavy (non-hydrogen) atoms. The number of amides is 1. The van der Waals surface area contributed by atoms with Gasteiger partial charge in [0.2, 0.25) is 0 Å². The van der Waals surface area contributed by atoms with Crippen molar-refractivity contribution >= 4 is 5.91 Å². The lowest BCUT2D eigenvalue weighted by molar-refractivity contribution is -0.141. The third kappa shape index (κ3) is 3.94. The Morgan fingerprint density at radius 3 is 2.50 bits per heavy atom. The van der Waals surface area contributed by atoms with Crippen molar-refractivity contribution in [2.45, 2.75) is 18.6 Å². The molecule has 1 aliphatic heterocycles. The topological polar surface area (TPSA) is 71.2 Å². The molecule has 154 valence electrons. The van der Waals surface area contributed by atoms with Gasteiger partial charge in [-0.25, -0.2) is 0 Å². The highest BCUT2D eigenvalue weighted by molar-refractivity contribution is 5.94. The van der Waals surface area contributed by atoms with E-state index in [-0.39, 0.29) is 0 Å². The maximum atomic E-state index is 12.8.